The number of hydrogen-bond acceptors (Lipinski definition) is 6. The highest BCUT2D eigenvalue weighted by atomic mass is 32.2. The van der Waals surface area contributed by atoms with Crippen LogP contribution in [0.2, 0.25) is 0 Å². The van der Waals surface area contributed by atoms with Crippen molar-refractivity contribution in [2.24, 2.45) is 5.14 Å². The van der Waals surface area contributed by atoms with Crippen molar-refractivity contribution in [2.75, 3.05) is 44.4 Å². The number of aromatic nitrogens is 1. The summed E-state index contributed by atoms with van der Waals surface area (Å²) in [4.78, 5) is 2.15. The molecule has 4 rings (SSSR count). The van der Waals surface area contributed by atoms with Gasteiger partial charge < -0.3 is 24.8 Å². The predicted octanol–water partition coefficient (Wildman–Crippen LogP) is 3.83. The lowest BCUT2D eigenvalue weighted by atomic mass is 10.0. The number of primary sulfonamides is 1. The molecular formula is C26H30F3N5O3S. The van der Waals surface area contributed by atoms with Gasteiger partial charge in [0.25, 0.3) is 0 Å². The molecule has 0 radical (unpaired) electrons. The first-order valence-electron chi connectivity index (χ1n) is 12.0. The Morgan fingerprint density at radius 3 is 2.53 bits per heavy atom. The molecule has 0 atom stereocenters. The smallest absolute Gasteiger partial charge is 0.406 e. The number of nitrogens with one attached hydrogen (secondary N) is 2. The van der Waals surface area contributed by atoms with Crippen LogP contribution in [0.4, 0.5) is 24.5 Å². The van der Waals surface area contributed by atoms with Gasteiger partial charge in [-0.2, -0.15) is 13.2 Å². The second kappa shape index (κ2) is 11.1. The van der Waals surface area contributed by atoms with E-state index in [-0.39, 0.29) is 28.9 Å². The topological polar surface area (TPSA) is 102 Å². The Morgan fingerprint density at radius 1 is 1.13 bits per heavy atom. The first kappa shape index (κ1) is 27.6. The third-order valence-corrected chi connectivity index (χ3v) is 7.36. The fraction of sp³-hybridized carbons (Fsp3) is 0.385. The van der Waals surface area contributed by atoms with E-state index in [1.54, 1.807) is 18.2 Å². The Kier molecular flexibility index (Phi) is 8.10. The minimum Gasteiger partial charge on any atom is -0.495 e. The third-order valence-electron chi connectivity index (χ3n) is 6.45. The Labute approximate surface area is 220 Å². The number of fused-ring (bicyclic) bond motifs is 1. The number of rotatable bonds is 7. The van der Waals surface area contributed by atoms with Crippen molar-refractivity contribution in [3.8, 4) is 17.6 Å². The molecule has 1 aliphatic rings. The van der Waals surface area contributed by atoms with Gasteiger partial charge in [-0.1, -0.05) is 12.0 Å². The van der Waals surface area contributed by atoms with Crippen LogP contribution in [0.15, 0.2) is 47.4 Å². The number of piperidine rings is 1. The number of anilines is 2. The highest BCUT2D eigenvalue weighted by Crippen LogP contribution is 2.31. The van der Waals surface area contributed by atoms with Crippen molar-refractivity contribution in [3.63, 3.8) is 0 Å². The summed E-state index contributed by atoms with van der Waals surface area (Å²) in [5, 5.41) is 12.4. The zero-order chi connectivity index (χ0) is 27.5. The molecule has 204 valence electrons. The van der Waals surface area contributed by atoms with Gasteiger partial charge in [0.15, 0.2) is 0 Å². The van der Waals surface area contributed by atoms with E-state index < -0.39 is 22.7 Å². The SMILES string of the molecule is COc1cc(S(N)(=O)=O)ccc1NCC#Cc1cc2c(NC3CCN(C)CC3)cccc2n1CC(F)(F)F. The summed E-state index contributed by atoms with van der Waals surface area (Å²) in [6.07, 6.45) is -2.51. The number of alkyl halides is 3. The average molecular weight is 550 g/mol. The van der Waals surface area contributed by atoms with Crippen molar-refractivity contribution in [1.82, 2.24) is 9.47 Å². The number of likely N-dealkylation sites (tertiary alicyclic amines) is 1. The molecule has 38 heavy (non-hydrogen) atoms. The van der Waals surface area contributed by atoms with E-state index >= 15 is 0 Å². The highest BCUT2D eigenvalue weighted by molar-refractivity contribution is 7.89. The van der Waals surface area contributed by atoms with Crippen LogP contribution in [0, 0.1) is 11.8 Å². The molecule has 0 spiro atoms. The second-order valence-electron chi connectivity index (χ2n) is 9.25. The van der Waals surface area contributed by atoms with Crippen LogP contribution in [-0.2, 0) is 16.6 Å². The number of benzene rings is 2. The van der Waals surface area contributed by atoms with E-state index in [4.69, 9.17) is 9.88 Å². The molecule has 2 aromatic carbocycles. The van der Waals surface area contributed by atoms with E-state index in [2.05, 4.69) is 34.4 Å². The Balaban J connectivity index is 1.59. The molecule has 2 heterocycles. The minimum atomic E-state index is -4.42. The minimum absolute atomic E-state index is 0.0827. The largest absolute Gasteiger partial charge is 0.495 e. The fourth-order valence-corrected chi connectivity index (χ4v) is 5.03. The summed E-state index contributed by atoms with van der Waals surface area (Å²) in [6, 6.07) is 11.3. The van der Waals surface area contributed by atoms with E-state index in [9.17, 15) is 21.6 Å². The van der Waals surface area contributed by atoms with E-state index in [0.29, 0.717) is 16.6 Å². The number of nitrogens with zero attached hydrogens (tertiary/aromatic N) is 2. The molecule has 1 aliphatic heterocycles. The van der Waals surface area contributed by atoms with Crippen molar-refractivity contribution in [3.05, 3.63) is 48.2 Å². The third kappa shape index (κ3) is 6.72. The molecule has 0 saturated carbocycles. The average Bonchev–Trinajstić information content (AvgIpc) is 3.19. The van der Waals surface area contributed by atoms with Gasteiger partial charge >= 0.3 is 6.18 Å². The molecule has 4 N–H and O–H groups in total. The van der Waals surface area contributed by atoms with Crippen LogP contribution in [-0.4, -0.2) is 63.9 Å². The van der Waals surface area contributed by atoms with Crippen LogP contribution in [0.3, 0.4) is 0 Å². The summed E-state index contributed by atoms with van der Waals surface area (Å²) in [7, 11) is -0.445. The summed E-state index contributed by atoms with van der Waals surface area (Å²) in [6.45, 7) is 0.845. The molecule has 1 aromatic heterocycles. The Bertz CT molecular complexity index is 1470. The quantitative estimate of drug-likeness (QED) is 0.388. The first-order valence-corrected chi connectivity index (χ1v) is 13.6. The number of ether oxygens (including phenoxy) is 1. The molecule has 3 aromatic rings. The van der Waals surface area contributed by atoms with Gasteiger partial charge in [-0.05, 0) is 69.2 Å². The van der Waals surface area contributed by atoms with Crippen LogP contribution in [0.5, 0.6) is 5.75 Å². The Hall–Kier alpha value is -3.40. The molecule has 8 nitrogen and oxygen atoms in total. The van der Waals surface area contributed by atoms with Gasteiger partial charge in [-0.25, -0.2) is 13.6 Å². The van der Waals surface area contributed by atoms with E-state index in [1.807, 2.05) is 6.07 Å². The highest BCUT2D eigenvalue weighted by Gasteiger charge is 2.30. The van der Waals surface area contributed by atoms with Gasteiger partial charge in [0.1, 0.15) is 12.3 Å². The maximum Gasteiger partial charge on any atom is 0.406 e. The number of hydrogen-bond donors (Lipinski definition) is 3. The van der Waals surface area contributed by atoms with Crippen LogP contribution in [0.25, 0.3) is 10.9 Å². The molecule has 1 saturated heterocycles. The number of sulfonamides is 1. The zero-order valence-electron chi connectivity index (χ0n) is 21.1. The second-order valence-corrected chi connectivity index (χ2v) is 10.8. The molecular weight excluding hydrogens is 519 g/mol. The molecule has 0 bridgehead atoms. The molecule has 12 heteroatoms. The van der Waals surface area contributed by atoms with Gasteiger partial charge in [0.2, 0.25) is 10.0 Å². The number of halogens is 3. The summed E-state index contributed by atoms with van der Waals surface area (Å²) < 4.78 is 70.0. The van der Waals surface area contributed by atoms with Crippen molar-refractivity contribution >= 4 is 32.3 Å². The van der Waals surface area contributed by atoms with Crippen molar-refractivity contribution in [2.45, 2.75) is 36.5 Å². The van der Waals surface area contributed by atoms with Gasteiger partial charge in [0, 0.05) is 23.2 Å². The standard InChI is InChI=1S/C26H30F3N5O3S/c1-33-13-10-18(11-14-33)32-22-6-3-7-24-21(22)15-19(34(24)17-26(27,28)29)5-4-12-31-23-9-8-20(38(30,35)36)16-25(23)37-2/h3,6-9,15-16,18,31-32H,10-14,17H2,1-2H3,(H2,30,35,36). The fourth-order valence-electron chi connectivity index (χ4n) is 4.51. The van der Waals surface area contributed by atoms with Gasteiger partial charge in [-0.3, -0.25) is 0 Å². The number of nitrogens with two attached hydrogens (primary N) is 1. The molecule has 0 unspecified atom stereocenters. The lowest BCUT2D eigenvalue weighted by Gasteiger charge is -2.30. The molecule has 0 aliphatic carbocycles. The number of methoxy groups -OCH3 is 1. The first-order chi connectivity index (χ1) is 17.9. The maximum absolute atomic E-state index is 13.5. The monoisotopic (exact) mass is 549 g/mol. The summed E-state index contributed by atoms with van der Waals surface area (Å²) >= 11 is 0. The lowest BCUT2D eigenvalue weighted by Crippen LogP contribution is -2.36. The normalized spacial score (nSPS) is 15.2. The van der Waals surface area contributed by atoms with E-state index in [0.717, 1.165) is 31.6 Å². The van der Waals surface area contributed by atoms with Crippen molar-refractivity contribution < 1.29 is 26.3 Å². The molecule has 0 amide bonds. The zero-order valence-corrected chi connectivity index (χ0v) is 21.9. The lowest BCUT2D eigenvalue weighted by molar-refractivity contribution is -0.140. The van der Waals surface area contributed by atoms with Crippen molar-refractivity contribution in [1.29, 1.82) is 0 Å². The Morgan fingerprint density at radius 2 is 1.87 bits per heavy atom. The van der Waals surface area contributed by atoms with E-state index in [1.165, 1.54) is 29.9 Å². The molecule has 1 fully saturated rings. The van der Waals surface area contributed by atoms with Crippen LogP contribution < -0.4 is 20.5 Å². The predicted molar refractivity (Wildman–Crippen MR) is 142 cm³/mol. The van der Waals surface area contributed by atoms with Gasteiger partial charge in [-0.15, -0.1) is 0 Å². The van der Waals surface area contributed by atoms with Gasteiger partial charge in [0.05, 0.1) is 35.4 Å². The van der Waals surface area contributed by atoms with Crippen LogP contribution >= 0.6 is 0 Å². The van der Waals surface area contributed by atoms with Crippen LogP contribution in [0.1, 0.15) is 18.5 Å². The summed E-state index contributed by atoms with van der Waals surface area (Å²) in [5.41, 5.74) is 1.96. The summed E-state index contributed by atoms with van der Waals surface area (Å²) in [5.74, 6) is 5.97. The maximum atomic E-state index is 13.5.